The Morgan fingerprint density at radius 1 is 1.03 bits per heavy atom. The maximum absolute atomic E-state index is 5.59. The Labute approximate surface area is 176 Å². The van der Waals surface area contributed by atoms with Gasteiger partial charge in [-0.2, -0.15) is 4.98 Å². The topological polar surface area (TPSA) is 67.9 Å². The van der Waals surface area contributed by atoms with Gasteiger partial charge in [0.15, 0.2) is 0 Å². The number of aryl methyl sites for hydroxylation is 1. The maximum atomic E-state index is 5.59. The van der Waals surface area contributed by atoms with E-state index in [9.17, 15) is 0 Å². The molecular formula is C24H25N5O. The van der Waals surface area contributed by atoms with E-state index in [0.29, 0.717) is 5.82 Å². The summed E-state index contributed by atoms with van der Waals surface area (Å²) in [6, 6.07) is 16.4. The standard InChI is InChI=1S/C24H25N5O/c1-2-7-18-16-22(19-8-3-4-9-20(19)26-18)29-14-11-17(12-15-29)24-27-23(28-30-24)21-10-5-6-13-25-21/h3-6,8-10,13,16-17H,2,7,11-12,14-15H2,1H3. The third-order valence-electron chi connectivity index (χ3n) is 5.77. The van der Waals surface area contributed by atoms with Crippen molar-refractivity contribution in [3.63, 3.8) is 0 Å². The molecule has 0 bridgehead atoms. The van der Waals surface area contributed by atoms with E-state index in [-0.39, 0.29) is 5.92 Å². The molecule has 1 fully saturated rings. The van der Waals surface area contributed by atoms with E-state index in [2.05, 4.69) is 57.3 Å². The van der Waals surface area contributed by atoms with Crippen molar-refractivity contribution in [1.82, 2.24) is 20.1 Å². The number of piperidine rings is 1. The molecule has 0 aliphatic carbocycles. The fourth-order valence-electron chi connectivity index (χ4n) is 4.22. The Balaban J connectivity index is 1.35. The van der Waals surface area contributed by atoms with Crippen molar-refractivity contribution in [2.24, 2.45) is 0 Å². The van der Waals surface area contributed by atoms with E-state index in [0.717, 1.165) is 55.9 Å². The molecule has 6 nitrogen and oxygen atoms in total. The van der Waals surface area contributed by atoms with Gasteiger partial charge in [0.1, 0.15) is 5.69 Å². The van der Waals surface area contributed by atoms with Crippen molar-refractivity contribution in [3.8, 4) is 11.5 Å². The van der Waals surface area contributed by atoms with Crippen molar-refractivity contribution in [1.29, 1.82) is 0 Å². The molecule has 1 saturated heterocycles. The van der Waals surface area contributed by atoms with Gasteiger partial charge in [-0.3, -0.25) is 9.97 Å². The summed E-state index contributed by atoms with van der Waals surface area (Å²) in [6.07, 6.45) is 5.83. The van der Waals surface area contributed by atoms with Gasteiger partial charge in [0.25, 0.3) is 0 Å². The average Bonchev–Trinajstić information content (AvgIpc) is 3.30. The fourth-order valence-corrected chi connectivity index (χ4v) is 4.22. The normalized spacial score (nSPS) is 15.0. The number of hydrogen-bond acceptors (Lipinski definition) is 6. The predicted octanol–water partition coefficient (Wildman–Crippen LogP) is 5.02. The minimum absolute atomic E-state index is 0.287. The van der Waals surface area contributed by atoms with Crippen molar-refractivity contribution in [3.05, 3.63) is 66.3 Å². The van der Waals surface area contributed by atoms with E-state index in [1.807, 2.05) is 18.2 Å². The fraction of sp³-hybridized carbons (Fsp3) is 0.333. The molecule has 4 aromatic rings. The Bertz CT molecular complexity index is 1130. The largest absolute Gasteiger partial charge is 0.371 e. The molecule has 1 aliphatic rings. The van der Waals surface area contributed by atoms with Gasteiger partial charge >= 0.3 is 0 Å². The van der Waals surface area contributed by atoms with Gasteiger partial charge in [-0.15, -0.1) is 0 Å². The van der Waals surface area contributed by atoms with Crippen LogP contribution in [0.4, 0.5) is 5.69 Å². The zero-order valence-corrected chi connectivity index (χ0v) is 17.2. The summed E-state index contributed by atoms with van der Waals surface area (Å²) < 4.78 is 5.59. The van der Waals surface area contributed by atoms with Crippen LogP contribution in [0, 0.1) is 0 Å². The summed E-state index contributed by atoms with van der Waals surface area (Å²) in [5.74, 6) is 1.58. The molecule has 4 heterocycles. The number of para-hydroxylation sites is 1. The Kier molecular flexibility index (Phi) is 5.13. The predicted molar refractivity (Wildman–Crippen MR) is 117 cm³/mol. The summed E-state index contributed by atoms with van der Waals surface area (Å²) in [5.41, 5.74) is 4.29. The van der Waals surface area contributed by atoms with E-state index in [1.54, 1.807) is 6.20 Å². The average molecular weight is 399 g/mol. The van der Waals surface area contributed by atoms with Crippen LogP contribution in [0.1, 0.15) is 43.7 Å². The highest BCUT2D eigenvalue weighted by atomic mass is 16.5. The third kappa shape index (κ3) is 3.65. The van der Waals surface area contributed by atoms with Crippen LogP contribution in [0.5, 0.6) is 0 Å². The van der Waals surface area contributed by atoms with Gasteiger partial charge in [0.2, 0.25) is 11.7 Å². The first-order chi connectivity index (χ1) is 14.8. The van der Waals surface area contributed by atoms with Crippen LogP contribution in [0.2, 0.25) is 0 Å². The lowest BCUT2D eigenvalue weighted by Crippen LogP contribution is -2.33. The smallest absolute Gasteiger partial charge is 0.230 e. The second-order valence-corrected chi connectivity index (χ2v) is 7.83. The van der Waals surface area contributed by atoms with Crippen LogP contribution >= 0.6 is 0 Å². The zero-order chi connectivity index (χ0) is 20.3. The minimum atomic E-state index is 0.287. The highest BCUT2D eigenvalue weighted by molar-refractivity contribution is 5.92. The lowest BCUT2D eigenvalue weighted by atomic mass is 9.95. The second-order valence-electron chi connectivity index (χ2n) is 7.83. The molecule has 5 rings (SSSR count). The molecule has 3 aromatic heterocycles. The third-order valence-corrected chi connectivity index (χ3v) is 5.77. The molecule has 1 aliphatic heterocycles. The molecule has 0 amide bonds. The first kappa shape index (κ1) is 18.7. The summed E-state index contributed by atoms with van der Waals surface area (Å²) in [7, 11) is 0. The van der Waals surface area contributed by atoms with E-state index in [4.69, 9.17) is 9.51 Å². The second kappa shape index (κ2) is 8.22. The lowest BCUT2D eigenvalue weighted by Gasteiger charge is -2.33. The number of aromatic nitrogens is 4. The highest BCUT2D eigenvalue weighted by Crippen LogP contribution is 2.34. The van der Waals surface area contributed by atoms with Crippen LogP contribution < -0.4 is 4.90 Å². The number of fused-ring (bicyclic) bond motifs is 1. The minimum Gasteiger partial charge on any atom is -0.371 e. The van der Waals surface area contributed by atoms with Gasteiger partial charge in [-0.25, -0.2) is 0 Å². The summed E-state index contributed by atoms with van der Waals surface area (Å²) >= 11 is 0. The molecule has 0 saturated carbocycles. The molecule has 6 heteroatoms. The summed E-state index contributed by atoms with van der Waals surface area (Å²) in [4.78, 5) is 16.3. The quantitative estimate of drug-likeness (QED) is 0.470. The van der Waals surface area contributed by atoms with Gasteiger partial charge < -0.3 is 9.42 Å². The van der Waals surface area contributed by atoms with Crippen LogP contribution in [0.15, 0.2) is 59.3 Å². The molecule has 152 valence electrons. The van der Waals surface area contributed by atoms with Gasteiger partial charge in [-0.05, 0) is 43.5 Å². The Hall–Kier alpha value is -3.28. The molecule has 1 aromatic carbocycles. The van der Waals surface area contributed by atoms with Crippen LogP contribution in [0.25, 0.3) is 22.4 Å². The number of anilines is 1. The monoisotopic (exact) mass is 399 g/mol. The first-order valence-electron chi connectivity index (χ1n) is 10.7. The van der Waals surface area contributed by atoms with Crippen molar-refractivity contribution >= 4 is 16.6 Å². The van der Waals surface area contributed by atoms with Crippen molar-refractivity contribution in [2.45, 2.75) is 38.5 Å². The van der Waals surface area contributed by atoms with E-state index < -0.39 is 0 Å². The zero-order valence-electron chi connectivity index (χ0n) is 17.2. The van der Waals surface area contributed by atoms with Crippen molar-refractivity contribution < 1.29 is 4.52 Å². The first-order valence-corrected chi connectivity index (χ1v) is 10.7. The molecule has 0 atom stereocenters. The number of rotatable bonds is 5. The van der Waals surface area contributed by atoms with Crippen LogP contribution in [0.3, 0.4) is 0 Å². The summed E-state index contributed by atoms with van der Waals surface area (Å²) in [6.45, 7) is 4.13. The lowest BCUT2D eigenvalue weighted by molar-refractivity contribution is 0.329. The number of pyridine rings is 2. The van der Waals surface area contributed by atoms with E-state index >= 15 is 0 Å². The Morgan fingerprint density at radius 2 is 1.87 bits per heavy atom. The summed E-state index contributed by atoms with van der Waals surface area (Å²) in [5, 5.41) is 5.37. The number of hydrogen-bond donors (Lipinski definition) is 0. The van der Waals surface area contributed by atoms with Gasteiger partial charge in [0, 0.05) is 42.0 Å². The molecule has 0 radical (unpaired) electrons. The van der Waals surface area contributed by atoms with Crippen molar-refractivity contribution in [2.75, 3.05) is 18.0 Å². The molecular weight excluding hydrogens is 374 g/mol. The van der Waals surface area contributed by atoms with Crippen LogP contribution in [-0.4, -0.2) is 33.2 Å². The Morgan fingerprint density at radius 3 is 2.67 bits per heavy atom. The maximum Gasteiger partial charge on any atom is 0.230 e. The molecule has 0 unspecified atom stereocenters. The van der Waals surface area contributed by atoms with Gasteiger partial charge in [-0.1, -0.05) is 42.8 Å². The molecule has 30 heavy (non-hydrogen) atoms. The van der Waals surface area contributed by atoms with Gasteiger partial charge in [0.05, 0.1) is 5.52 Å². The molecule has 0 spiro atoms. The molecule has 0 N–H and O–H groups in total. The highest BCUT2D eigenvalue weighted by Gasteiger charge is 2.26. The van der Waals surface area contributed by atoms with Crippen LogP contribution in [-0.2, 0) is 6.42 Å². The number of nitrogens with zero attached hydrogens (tertiary/aromatic N) is 5. The SMILES string of the molecule is CCCc1cc(N2CCC(c3nc(-c4ccccn4)no3)CC2)c2ccccc2n1. The number of benzene rings is 1. The van der Waals surface area contributed by atoms with E-state index in [1.165, 1.54) is 16.8 Å².